The summed E-state index contributed by atoms with van der Waals surface area (Å²) in [5.74, 6) is -0.213. The number of anilines is 2. The van der Waals surface area contributed by atoms with Crippen molar-refractivity contribution in [3.05, 3.63) is 46.7 Å². The number of hydrazine groups is 1. The molecule has 2 aromatic rings. The molecule has 8 nitrogen and oxygen atoms in total. The van der Waals surface area contributed by atoms with Gasteiger partial charge in [-0.2, -0.15) is 0 Å². The summed E-state index contributed by atoms with van der Waals surface area (Å²) in [4.78, 5) is 30.5. The summed E-state index contributed by atoms with van der Waals surface area (Å²) in [6.45, 7) is 1.61. The molecule has 3 heterocycles. The molecule has 2 aliphatic rings. The van der Waals surface area contributed by atoms with Crippen molar-refractivity contribution in [1.29, 1.82) is 0 Å². The quantitative estimate of drug-likeness (QED) is 0.574. The predicted molar refractivity (Wildman–Crippen MR) is 109 cm³/mol. The number of halogens is 1. The van der Waals surface area contributed by atoms with E-state index in [0.717, 1.165) is 18.8 Å². The topological polar surface area (TPSA) is 86.3 Å². The highest BCUT2D eigenvalue weighted by atomic mass is 35.5. The Morgan fingerprint density at radius 2 is 2.11 bits per heavy atom. The van der Waals surface area contributed by atoms with Gasteiger partial charge in [-0.1, -0.05) is 17.7 Å². The highest BCUT2D eigenvalue weighted by Gasteiger charge is 2.41. The number of carbonyl (C=O) groups excluding carboxylic acids is 2. The molecule has 10 heteroatoms. The van der Waals surface area contributed by atoms with Crippen LogP contribution in [0.3, 0.4) is 0 Å². The molecule has 2 N–H and O–H groups in total. The summed E-state index contributed by atoms with van der Waals surface area (Å²) in [6, 6.07) is 10.9. The van der Waals surface area contributed by atoms with Crippen molar-refractivity contribution < 1.29 is 14.3 Å². The number of hydrogen-bond acceptors (Lipinski definition) is 7. The third-order valence-electron chi connectivity index (χ3n) is 4.41. The van der Waals surface area contributed by atoms with E-state index in [4.69, 9.17) is 16.3 Å². The van der Waals surface area contributed by atoms with Gasteiger partial charge in [0.15, 0.2) is 11.6 Å². The predicted octanol–water partition coefficient (Wildman–Crippen LogP) is 2.42. The molecule has 0 bridgehead atoms. The van der Waals surface area contributed by atoms with Crippen molar-refractivity contribution in [2.24, 2.45) is 4.99 Å². The van der Waals surface area contributed by atoms with Crippen molar-refractivity contribution in [2.45, 2.75) is 11.6 Å². The number of amides is 2. The Kier molecular flexibility index (Phi) is 5.36. The lowest BCUT2D eigenvalue weighted by Crippen LogP contribution is -2.42. The van der Waals surface area contributed by atoms with E-state index >= 15 is 0 Å². The van der Waals surface area contributed by atoms with E-state index in [1.807, 2.05) is 34.7 Å². The van der Waals surface area contributed by atoms with Crippen LogP contribution in [0.2, 0.25) is 0 Å². The maximum absolute atomic E-state index is 12.3. The van der Waals surface area contributed by atoms with Crippen LogP contribution in [-0.4, -0.2) is 49.6 Å². The molecule has 2 aliphatic heterocycles. The zero-order valence-electron chi connectivity index (χ0n) is 14.7. The number of cyclic esters (lactones) is 1. The third kappa shape index (κ3) is 3.76. The number of nitrogens with zero attached hydrogens (tertiary/aromatic N) is 3. The lowest BCUT2D eigenvalue weighted by Gasteiger charge is -2.27. The number of alkyl halides is 1. The molecule has 1 fully saturated rings. The maximum Gasteiger partial charge on any atom is 0.416 e. The number of hydrogen-bond donors (Lipinski definition) is 2. The first-order valence-corrected chi connectivity index (χ1v) is 10.0. The van der Waals surface area contributed by atoms with E-state index in [1.54, 1.807) is 18.5 Å². The van der Waals surface area contributed by atoms with E-state index in [9.17, 15) is 9.59 Å². The SMILES string of the molecule is O=C(NC[C@@H]1OC(=O)N(c2ccc(N3CCN=CN3)cc2)C1Cl)c1cccs1. The molecule has 0 spiro atoms. The molecule has 2 atom stereocenters. The zero-order valence-corrected chi connectivity index (χ0v) is 16.3. The van der Waals surface area contributed by atoms with Crippen molar-refractivity contribution >= 4 is 52.7 Å². The number of benzene rings is 1. The van der Waals surface area contributed by atoms with Crippen molar-refractivity contribution in [2.75, 3.05) is 29.5 Å². The molecule has 146 valence electrons. The van der Waals surface area contributed by atoms with Gasteiger partial charge in [-0.15, -0.1) is 11.3 Å². The van der Waals surface area contributed by atoms with Crippen LogP contribution in [0.5, 0.6) is 0 Å². The van der Waals surface area contributed by atoms with Crippen LogP contribution >= 0.6 is 22.9 Å². The lowest BCUT2D eigenvalue weighted by atomic mass is 10.2. The molecule has 4 rings (SSSR count). The minimum absolute atomic E-state index is 0.141. The Hall–Kier alpha value is -2.78. The van der Waals surface area contributed by atoms with Gasteiger partial charge in [0, 0.05) is 5.69 Å². The molecule has 0 radical (unpaired) electrons. The third-order valence-corrected chi connectivity index (χ3v) is 5.75. The van der Waals surface area contributed by atoms with Crippen LogP contribution in [0.4, 0.5) is 16.2 Å². The largest absolute Gasteiger partial charge is 0.440 e. The first kappa shape index (κ1) is 18.6. The Labute approximate surface area is 170 Å². The fraction of sp³-hybridized carbons (Fsp3) is 0.278. The fourth-order valence-corrected chi connectivity index (χ4v) is 3.95. The standard InChI is InChI=1S/C18H18ClN5O3S/c19-16-14(10-21-17(25)15-2-1-9-28-15)27-18(26)24(16)13-5-3-12(4-6-13)23-8-7-20-11-22-23/h1-6,9,11,14,16H,7-8,10H2,(H,20,22)(H,21,25)/t14-,16?/m0/s1. The van der Waals surface area contributed by atoms with Gasteiger partial charge < -0.3 is 10.1 Å². The first-order chi connectivity index (χ1) is 13.6. The molecule has 0 aliphatic carbocycles. The second-order valence-electron chi connectivity index (χ2n) is 6.18. The summed E-state index contributed by atoms with van der Waals surface area (Å²) >= 11 is 7.81. The minimum Gasteiger partial charge on any atom is -0.440 e. The van der Waals surface area contributed by atoms with Crippen molar-refractivity contribution in [3.63, 3.8) is 0 Å². The van der Waals surface area contributed by atoms with Gasteiger partial charge >= 0.3 is 6.09 Å². The van der Waals surface area contributed by atoms with Crippen molar-refractivity contribution in [3.8, 4) is 0 Å². The van der Waals surface area contributed by atoms with Gasteiger partial charge in [-0.25, -0.2) is 4.79 Å². The highest BCUT2D eigenvalue weighted by molar-refractivity contribution is 7.12. The average molecular weight is 420 g/mol. The van der Waals surface area contributed by atoms with Crippen LogP contribution in [0.1, 0.15) is 9.67 Å². The number of thiophene rings is 1. The number of ether oxygens (including phenoxy) is 1. The van der Waals surface area contributed by atoms with Gasteiger partial charge in [0.05, 0.1) is 30.2 Å². The minimum atomic E-state index is -0.720. The molecule has 2 amide bonds. The zero-order chi connectivity index (χ0) is 19.5. The number of aliphatic imine (C=N–C) groups is 1. The normalized spacial score (nSPS) is 21.4. The molecule has 1 unspecified atom stereocenters. The Morgan fingerprint density at radius 3 is 2.79 bits per heavy atom. The molecule has 28 heavy (non-hydrogen) atoms. The second kappa shape index (κ2) is 8.07. The molecule has 0 saturated carbocycles. The van der Waals surface area contributed by atoms with Gasteiger partial charge in [0.2, 0.25) is 0 Å². The molecule has 1 saturated heterocycles. The Balaban J connectivity index is 1.40. The van der Waals surface area contributed by atoms with Gasteiger partial charge in [-0.05, 0) is 35.7 Å². The van der Waals surface area contributed by atoms with Crippen LogP contribution in [0.15, 0.2) is 46.8 Å². The van der Waals surface area contributed by atoms with Crippen LogP contribution in [-0.2, 0) is 4.74 Å². The van der Waals surface area contributed by atoms with Crippen LogP contribution in [0, 0.1) is 0 Å². The second-order valence-corrected chi connectivity index (χ2v) is 7.58. The number of nitrogens with one attached hydrogen (secondary N) is 2. The maximum atomic E-state index is 12.3. The van der Waals surface area contributed by atoms with E-state index in [0.29, 0.717) is 10.6 Å². The molecule has 1 aromatic heterocycles. The van der Waals surface area contributed by atoms with E-state index in [-0.39, 0.29) is 12.5 Å². The Morgan fingerprint density at radius 1 is 1.32 bits per heavy atom. The molecular weight excluding hydrogens is 402 g/mol. The smallest absolute Gasteiger partial charge is 0.416 e. The number of carbonyl (C=O) groups is 2. The summed E-state index contributed by atoms with van der Waals surface area (Å²) in [6.07, 6.45) is 0.475. The van der Waals surface area contributed by atoms with Gasteiger partial charge in [0.1, 0.15) is 6.34 Å². The summed E-state index contributed by atoms with van der Waals surface area (Å²) in [5.41, 5.74) is 3.92. The molecular formula is C18H18ClN5O3S. The van der Waals surface area contributed by atoms with E-state index in [1.165, 1.54) is 16.2 Å². The number of rotatable bonds is 5. The average Bonchev–Trinajstić information content (AvgIpc) is 3.36. The highest BCUT2D eigenvalue weighted by Crippen LogP contribution is 2.30. The summed E-state index contributed by atoms with van der Waals surface area (Å²) in [5, 5.41) is 6.54. The molecule has 1 aromatic carbocycles. The van der Waals surface area contributed by atoms with Crippen LogP contribution < -0.4 is 20.7 Å². The van der Waals surface area contributed by atoms with E-state index in [2.05, 4.69) is 15.7 Å². The monoisotopic (exact) mass is 419 g/mol. The summed E-state index contributed by atoms with van der Waals surface area (Å²) < 4.78 is 5.36. The fourth-order valence-electron chi connectivity index (χ4n) is 2.98. The van der Waals surface area contributed by atoms with Gasteiger partial charge in [-0.3, -0.25) is 25.1 Å². The lowest BCUT2D eigenvalue weighted by molar-refractivity contribution is 0.0916. The summed E-state index contributed by atoms with van der Waals surface area (Å²) in [7, 11) is 0. The Bertz CT molecular complexity index is 874. The van der Waals surface area contributed by atoms with Crippen molar-refractivity contribution in [1.82, 2.24) is 10.7 Å². The first-order valence-electron chi connectivity index (χ1n) is 8.71. The van der Waals surface area contributed by atoms with E-state index < -0.39 is 17.7 Å². The van der Waals surface area contributed by atoms with Crippen LogP contribution in [0.25, 0.3) is 0 Å². The van der Waals surface area contributed by atoms with Gasteiger partial charge in [0.25, 0.3) is 5.91 Å².